The summed E-state index contributed by atoms with van der Waals surface area (Å²) in [5.74, 6) is 5.77. The predicted molar refractivity (Wildman–Crippen MR) is 132 cm³/mol. The summed E-state index contributed by atoms with van der Waals surface area (Å²) in [6.07, 6.45) is 1.88. The Hall–Kier alpha value is -2.85. The van der Waals surface area contributed by atoms with Crippen LogP contribution in [0.25, 0.3) is 0 Å². The summed E-state index contributed by atoms with van der Waals surface area (Å²) < 4.78 is 29.0. The second-order valence-corrected chi connectivity index (χ2v) is 9.14. The Balaban J connectivity index is 1.36. The molecule has 2 aliphatic heterocycles. The van der Waals surface area contributed by atoms with Crippen molar-refractivity contribution in [3.63, 3.8) is 0 Å². The second-order valence-electron chi connectivity index (χ2n) is 9.14. The summed E-state index contributed by atoms with van der Waals surface area (Å²) in [7, 11) is 0. The lowest BCUT2D eigenvalue weighted by atomic mass is 9.86. The molecule has 2 aromatic rings. The lowest BCUT2D eigenvalue weighted by Gasteiger charge is -2.42. The highest BCUT2D eigenvalue weighted by atomic mass is 16.8. The summed E-state index contributed by atoms with van der Waals surface area (Å²) >= 11 is 0. The number of carbonyl (C=O) groups is 1. The third kappa shape index (κ3) is 6.24. The normalized spacial score (nSPS) is 21.7. The van der Waals surface area contributed by atoms with E-state index in [9.17, 15) is 4.79 Å². The summed E-state index contributed by atoms with van der Waals surface area (Å²) in [6.45, 7) is 8.22. The van der Waals surface area contributed by atoms with Gasteiger partial charge in [-0.05, 0) is 62.1 Å². The molecule has 2 fully saturated rings. The van der Waals surface area contributed by atoms with Crippen LogP contribution in [0.1, 0.15) is 62.6 Å². The van der Waals surface area contributed by atoms with Gasteiger partial charge in [-0.25, -0.2) is 0 Å². The van der Waals surface area contributed by atoms with Gasteiger partial charge in [-0.1, -0.05) is 36.3 Å². The minimum Gasteiger partial charge on any atom is -0.489 e. The molecular formula is C29H34O6. The van der Waals surface area contributed by atoms with E-state index in [0.717, 1.165) is 35.3 Å². The lowest BCUT2D eigenvalue weighted by Crippen LogP contribution is -2.46. The third-order valence-corrected chi connectivity index (χ3v) is 6.63. The number of carbonyl (C=O) groups excluding carboxylic acids is 1. The molecule has 6 heteroatoms. The number of hydrogen-bond acceptors (Lipinski definition) is 6. The summed E-state index contributed by atoms with van der Waals surface area (Å²) in [5, 5.41) is 0. The van der Waals surface area contributed by atoms with E-state index in [0.29, 0.717) is 33.0 Å². The van der Waals surface area contributed by atoms with E-state index in [2.05, 4.69) is 37.0 Å². The van der Waals surface area contributed by atoms with Crippen molar-refractivity contribution in [2.24, 2.45) is 0 Å². The van der Waals surface area contributed by atoms with Crippen LogP contribution in [0.5, 0.6) is 5.75 Å². The van der Waals surface area contributed by atoms with E-state index in [1.165, 1.54) is 0 Å². The maximum atomic E-state index is 11.9. The van der Waals surface area contributed by atoms with Crippen molar-refractivity contribution in [1.82, 2.24) is 0 Å². The van der Waals surface area contributed by atoms with Gasteiger partial charge in [0.05, 0.1) is 37.8 Å². The number of esters is 1. The van der Waals surface area contributed by atoms with Crippen molar-refractivity contribution >= 4 is 5.97 Å². The van der Waals surface area contributed by atoms with E-state index >= 15 is 0 Å². The van der Waals surface area contributed by atoms with Gasteiger partial charge in [-0.3, -0.25) is 4.79 Å². The van der Waals surface area contributed by atoms with Crippen LogP contribution in [0.15, 0.2) is 48.5 Å². The molecule has 0 aliphatic carbocycles. The molecule has 186 valence electrons. The van der Waals surface area contributed by atoms with Gasteiger partial charge in [0.25, 0.3) is 0 Å². The smallest absolute Gasteiger partial charge is 0.307 e. The average molecular weight is 479 g/mol. The van der Waals surface area contributed by atoms with Gasteiger partial charge in [0.15, 0.2) is 5.79 Å². The minimum atomic E-state index is -0.565. The van der Waals surface area contributed by atoms with Crippen molar-refractivity contribution in [3.05, 3.63) is 65.2 Å². The van der Waals surface area contributed by atoms with Gasteiger partial charge in [-0.15, -0.1) is 5.92 Å². The number of hydrogen-bond donors (Lipinski definition) is 0. The molecule has 2 atom stereocenters. The van der Waals surface area contributed by atoms with Crippen LogP contribution in [0, 0.1) is 11.8 Å². The summed E-state index contributed by atoms with van der Waals surface area (Å²) in [5.41, 5.74) is 2.79. The highest BCUT2D eigenvalue weighted by Crippen LogP contribution is 2.41. The van der Waals surface area contributed by atoms with Crippen molar-refractivity contribution in [1.29, 1.82) is 0 Å². The zero-order valence-electron chi connectivity index (χ0n) is 20.8. The van der Waals surface area contributed by atoms with Gasteiger partial charge in [-0.2, -0.15) is 0 Å². The van der Waals surface area contributed by atoms with Gasteiger partial charge in [0.1, 0.15) is 19.0 Å². The fraction of sp³-hybridized carbons (Fsp3) is 0.483. The molecule has 2 saturated heterocycles. The second kappa shape index (κ2) is 11.3. The molecule has 0 saturated carbocycles. The van der Waals surface area contributed by atoms with E-state index in [1.807, 2.05) is 30.3 Å². The standard InChI is InChI=1S/C29H34O6/c1-4-7-24(19-27(30)31-5-2)23-10-12-26(13-11-23)32-20-22-8-6-9-25(18-22)28(3)14-15-29(21-35-28)33-16-17-34-29/h6,8-13,18,24H,5,14-17,19-21H2,1-3H3/t24-,28?/m0/s1. The van der Waals surface area contributed by atoms with Crippen LogP contribution < -0.4 is 4.74 Å². The Morgan fingerprint density at radius 2 is 1.86 bits per heavy atom. The monoisotopic (exact) mass is 478 g/mol. The zero-order chi connectivity index (χ0) is 24.7. The van der Waals surface area contributed by atoms with E-state index in [1.54, 1.807) is 13.8 Å². The van der Waals surface area contributed by atoms with Gasteiger partial charge >= 0.3 is 5.97 Å². The first-order valence-corrected chi connectivity index (χ1v) is 12.3. The first-order chi connectivity index (χ1) is 17.0. The molecule has 0 radical (unpaired) electrons. The van der Waals surface area contributed by atoms with Gasteiger partial charge in [0, 0.05) is 6.42 Å². The number of rotatable bonds is 8. The molecule has 2 heterocycles. The van der Waals surface area contributed by atoms with Crippen molar-refractivity contribution in [2.45, 2.75) is 63.9 Å². The maximum absolute atomic E-state index is 11.9. The first kappa shape index (κ1) is 25.2. The van der Waals surface area contributed by atoms with Gasteiger partial charge < -0.3 is 23.7 Å². The Labute approximate surface area is 207 Å². The van der Waals surface area contributed by atoms with E-state index in [4.69, 9.17) is 23.7 Å². The molecule has 1 unspecified atom stereocenters. The molecule has 0 N–H and O–H groups in total. The fourth-order valence-electron chi connectivity index (χ4n) is 4.56. The van der Waals surface area contributed by atoms with Crippen LogP contribution in [-0.2, 0) is 35.9 Å². The number of ether oxygens (including phenoxy) is 5. The first-order valence-electron chi connectivity index (χ1n) is 12.3. The predicted octanol–water partition coefficient (Wildman–Crippen LogP) is 5.09. The lowest BCUT2D eigenvalue weighted by molar-refractivity contribution is -0.256. The Morgan fingerprint density at radius 3 is 2.51 bits per heavy atom. The highest BCUT2D eigenvalue weighted by Gasteiger charge is 2.46. The summed E-state index contributed by atoms with van der Waals surface area (Å²) in [6, 6.07) is 16.1. The molecular weight excluding hydrogens is 444 g/mol. The van der Waals surface area contributed by atoms with Crippen LogP contribution >= 0.6 is 0 Å². The Bertz CT molecular complexity index is 1050. The Kier molecular flexibility index (Phi) is 8.12. The maximum Gasteiger partial charge on any atom is 0.307 e. The van der Waals surface area contributed by atoms with Crippen LogP contribution in [0.3, 0.4) is 0 Å². The largest absolute Gasteiger partial charge is 0.489 e. The molecule has 35 heavy (non-hydrogen) atoms. The van der Waals surface area contributed by atoms with Crippen molar-refractivity contribution < 1.29 is 28.5 Å². The zero-order valence-corrected chi connectivity index (χ0v) is 20.8. The molecule has 4 rings (SSSR count). The molecule has 2 aliphatic rings. The minimum absolute atomic E-state index is 0.194. The van der Waals surface area contributed by atoms with E-state index < -0.39 is 5.79 Å². The van der Waals surface area contributed by atoms with Crippen LogP contribution in [0.2, 0.25) is 0 Å². The third-order valence-electron chi connectivity index (χ3n) is 6.63. The quantitative estimate of drug-likeness (QED) is 0.389. The molecule has 0 amide bonds. The highest BCUT2D eigenvalue weighted by molar-refractivity contribution is 5.71. The molecule has 1 spiro atoms. The van der Waals surface area contributed by atoms with Crippen molar-refractivity contribution in [3.8, 4) is 17.6 Å². The molecule has 6 nitrogen and oxygen atoms in total. The Morgan fingerprint density at radius 1 is 1.09 bits per heavy atom. The molecule has 0 aromatic heterocycles. The topological polar surface area (TPSA) is 63.2 Å². The van der Waals surface area contributed by atoms with Crippen molar-refractivity contribution in [2.75, 3.05) is 26.4 Å². The van der Waals surface area contributed by atoms with Crippen LogP contribution in [0.4, 0.5) is 0 Å². The fourth-order valence-corrected chi connectivity index (χ4v) is 4.56. The molecule has 0 bridgehead atoms. The average Bonchev–Trinajstić information content (AvgIpc) is 3.34. The number of benzene rings is 2. The van der Waals surface area contributed by atoms with Gasteiger partial charge in [0.2, 0.25) is 0 Å². The SMILES string of the molecule is CC#C[C@@H](CC(=O)OCC)c1ccc(OCc2cccc(C3(C)CCC4(CO3)OCCO4)c2)cc1. The van der Waals surface area contributed by atoms with Crippen LogP contribution in [-0.4, -0.2) is 38.2 Å². The van der Waals surface area contributed by atoms with E-state index in [-0.39, 0.29) is 23.9 Å². The molecule has 2 aromatic carbocycles. The summed E-state index contributed by atoms with van der Waals surface area (Å²) in [4.78, 5) is 11.9.